The number of aliphatic carboxylic acids is 1. The van der Waals surface area contributed by atoms with E-state index < -0.39 is 12.1 Å². The second-order valence-electron chi connectivity index (χ2n) is 6.03. The molecule has 1 amide bonds. The van der Waals surface area contributed by atoms with Crippen molar-refractivity contribution in [2.45, 2.75) is 26.4 Å². The van der Waals surface area contributed by atoms with E-state index in [1.807, 2.05) is 38.1 Å². The lowest BCUT2D eigenvalue weighted by atomic mass is 9.99. The Bertz CT molecular complexity index is 803. The predicted octanol–water partition coefficient (Wildman–Crippen LogP) is 1.71. The predicted molar refractivity (Wildman–Crippen MR) is 88.9 cm³/mol. The van der Waals surface area contributed by atoms with Crippen molar-refractivity contribution < 1.29 is 19.4 Å². The Labute approximate surface area is 140 Å². The van der Waals surface area contributed by atoms with E-state index in [-0.39, 0.29) is 25.5 Å². The molecule has 126 valence electrons. The fraction of sp³-hybridized carbons (Fsp3) is 0.389. The van der Waals surface area contributed by atoms with Gasteiger partial charge in [-0.15, -0.1) is 0 Å². The highest BCUT2D eigenvalue weighted by molar-refractivity contribution is 5.87. The monoisotopic (exact) mass is 328 g/mol. The van der Waals surface area contributed by atoms with Crippen molar-refractivity contribution in [2.75, 3.05) is 19.7 Å². The Kier molecular flexibility index (Phi) is 4.49. The molecule has 1 aliphatic heterocycles. The SMILES string of the molecule is Cc1nc2ccccc2c(C)c1CC(=O)N1CCOC(C(=O)O)C1. The molecular formula is C18H20N2O4. The molecule has 0 radical (unpaired) electrons. The molecule has 1 N–H and O–H groups in total. The maximum absolute atomic E-state index is 12.6. The minimum absolute atomic E-state index is 0.0900. The molecule has 1 fully saturated rings. The van der Waals surface area contributed by atoms with Crippen LogP contribution in [0.2, 0.25) is 0 Å². The number of benzene rings is 1. The Balaban J connectivity index is 1.84. The number of hydrogen-bond donors (Lipinski definition) is 1. The number of amides is 1. The number of fused-ring (bicyclic) bond motifs is 1. The molecule has 1 aliphatic rings. The number of hydrogen-bond acceptors (Lipinski definition) is 4. The average Bonchev–Trinajstić information content (AvgIpc) is 2.58. The molecule has 24 heavy (non-hydrogen) atoms. The van der Waals surface area contributed by atoms with Crippen molar-refractivity contribution in [1.82, 2.24) is 9.88 Å². The number of ether oxygens (including phenoxy) is 1. The first-order valence-electron chi connectivity index (χ1n) is 7.94. The molecule has 1 aromatic carbocycles. The normalized spacial score (nSPS) is 17.9. The third-order valence-corrected chi connectivity index (χ3v) is 4.51. The molecule has 0 bridgehead atoms. The van der Waals surface area contributed by atoms with Gasteiger partial charge in [-0.2, -0.15) is 0 Å². The van der Waals surface area contributed by atoms with E-state index in [0.717, 1.165) is 27.7 Å². The van der Waals surface area contributed by atoms with Crippen molar-refractivity contribution in [1.29, 1.82) is 0 Å². The number of carbonyl (C=O) groups is 2. The zero-order chi connectivity index (χ0) is 17.3. The zero-order valence-corrected chi connectivity index (χ0v) is 13.8. The van der Waals surface area contributed by atoms with Gasteiger partial charge in [0.25, 0.3) is 0 Å². The molecule has 6 nitrogen and oxygen atoms in total. The summed E-state index contributed by atoms with van der Waals surface area (Å²) in [6.45, 7) is 4.66. The highest BCUT2D eigenvalue weighted by Gasteiger charge is 2.29. The highest BCUT2D eigenvalue weighted by Crippen LogP contribution is 2.23. The molecule has 1 atom stereocenters. The molecule has 3 rings (SSSR count). The molecule has 1 aromatic heterocycles. The number of carbonyl (C=O) groups excluding carboxylic acids is 1. The average molecular weight is 328 g/mol. The number of carboxylic acid groups (broad SMARTS) is 1. The van der Waals surface area contributed by atoms with Crippen molar-refractivity contribution in [2.24, 2.45) is 0 Å². The summed E-state index contributed by atoms with van der Waals surface area (Å²) < 4.78 is 5.17. The van der Waals surface area contributed by atoms with Crippen molar-refractivity contribution >= 4 is 22.8 Å². The number of pyridine rings is 1. The highest BCUT2D eigenvalue weighted by atomic mass is 16.5. The molecule has 0 aliphatic carbocycles. The Morgan fingerprint density at radius 1 is 1.33 bits per heavy atom. The molecule has 0 spiro atoms. The summed E-state index contributed by atoms with van der Waals surface area (Å²) in [7, 11) is 0. The van der Waals surface area contributed by atoms with Gasteiger partial charge in [0.05, 0.1) is 25.1 Å². The van der Waals surface area contributed by atoms with Crippen LogP contribution >= 0.6 is 0 Å². The number of aryl methyl sites for hydroxylation is 2. The first-order valence-corrected chi connectivity index (χ1v) is 7.94. The number of rotatable bonds is 3. The van der Waals surface area contributed by atoms with Gasteiger partial charge in [-0.05, 0) is 31.0 Å². The van der Waals surface area contributed by atoms with Gasteiger partial charge in [0.1, 0.15) is 0 Å². The quantitative estimate of drug-likeness (QED) is 0.928. The number of carboxylic acids is 1. The van der Waals surface area contributed by atoms with E-state index in [0.29, 0.717) is 6.54 Å². The van der Waals surface area contributed by atoms with Crippen molar-refractivity contribution in [3.05, 3.63) is 41.1 Å². The van der Waals surface area contributed by atoms with E-state index >= 15 is 0 Å². The minimum Gasteiger partial charge on any atom is -0.479 e. The summed E-state index contributed by atoms with van der Waals surface area (Å²) >= 11 is 0. The molecule has 0 saturated carbocycles. The summed E-state index contributed by atoms with van der Waals surface area (Å²) in [5, 5.41) is 10.1. The van der Waals surface area contributed by atoms with Crippen LogP contribution in [0.25, 0.3) is 10.9 Å². The van der Waals surface area contributed by atoms with E-state index in [2.05, 4.69) is 4.98 Å². The van der Waals surface area contributed by atoms with E-state index in [4.69, 9.17) is 9.84 Å². The Hall–Kier alpha value is -2.47. The van der Waals surface area contributed by atoms with E-state index in [1.165, 1.54) is 0 Å². The van der Waals surface area contributed by atoms with Crippen LogP contribution in [0.4, 0.5) is 0 Å². The largest absolute Gasteiger partial charge is 0.479 e. The van der Waals surface area contributed by atoms with Gasteiger partial charge < -0.3 is 14.7 Å². The molecule has 6 heteroatoms. The Morgan fingerprint density at radius 3 is 2.83 bits per heavy atom. The fourth-order valence-electron chi connectivity index (χ4n) is 3.12. The first-order chi connectivity index (χ1) is 11.5. The van der Waals surface area contributed by atoms with Crippen LogP contribution in [0.15, 0.2) is 24.3 Å². The van der Waals surface area contributed by atoms with E-state index in [9.17, 15) is 9.59 Å². The van der Waals surface area contributed by atoms with Crippen molar-refractivity contribution in [3.63, 3.8) is 0 Å². The Morgan fingerprint density at radius 2 is 2.08 bits per heavy atom. The standard InChI is InChI=1S/C18H20N2O4/c1-11-13-5-3-4-6-15(13)19-12(2)14(11)9-17(21)20-7-8-24-16(10-20)18(22)23/h3-6,16H,7-10H2,1-2H3,(H,22,23). The summed E-state index contributed by atoms with van der Waals surface area (Å²) in [5.41, 5.74) is 3.72. The van der Waals surface area contributed by atoms with Gasteiger partial charge in [0, 0.05) is 17.6 Å². The van der Waals surface area contributed by atoms with Gasteiger partial charge >= 0.3 is 5.97 Å². The number of para-hydroxylation sites is 1. The van der Waals surface area contributed by atoms with Crippen LogP contribution in [0.1, 0.15) is 16.8 Å². The summed E-state index contributed by atoms with van der Waals surface area (Å²) in [6, 6.07) is 7.86. The second-order valence-corrected chi connectivity index (χ2v) is 6.03. The molecule has 2 heterocycles. The third kappa shape index (κ3) is 3.10. The lowest BCUT2D eigenvalue weighted by molar-refractivity contribution is -0.159. The van der Waals surface area contributed by atoms with Crippen LogP contribution < -0.4 is 0 Å². The number of nitrogens with zero attached hydrogens (tertiary/aromatic N) is 2. The smallest absolute Gasteiger partial charge is 0.334 e. The van der Waals surface area contributed by atoms with Crippen LogP contribution in [0.3, 0.4) is 0 Å². The first kappa shape index (κ1) is 16.4. The van der Waals surface area contributed by atoms with Gasteiger partial charge in [-0.1, -0.05) is 18.2 Å². The van der Waals surface area contributed by atoms with Crippen LogP contribution in [0, 0.1) is 13.8 Å². The summed E-state index contributed by atoms with van der Waals surface area (Å²) in [5.74, 6) is -1.12. The van der Waals surface area contributed by atoms with E-state index in [1.54, 1.807) is 4.90 Å². The van der Waals surface area contributed by atoms with Gasteiger partial charge in [0.2, 0.25) is 5.91 Å². The maximum Gasteiger partial charge on any atom is 0.334 e. The molecular weight excluding hydrogens is 308 g/mol. The van der Waals surface area contributed by atoms with Gasteiger partial charge in [-0.3, -0.25) is 9.78 Å². The lowest BCUT2D eigenvalue weighted by Crippen LogP contribution is -2.49. The zero-order valence-electron chi connectivity index (χ0n) is 13.8. The third-order valence-electron chi connectivity index (χ3n) is 4.51. The van der Waals surface area contributed by atoms with Crippen LogP contribution in [0.5, 0.6) is 0 Å². The van der Waals surface area contributed by atoms with Crippen LogP contribution in [-0.4, -0.2) is 52.7 Å². The number of morpholine rings is 1. The molecule has 1 unspecified atom stereocenters. The minimum atomic E-state index is -1.03. The maximum atomic E-state index is 12.6. The summed E-state index contributed by atoms with van der Waals surface area (Å²) in [4.78, 5) is 29.8. The van der Waals surface area contributed by atoms with Crippen molar-refractivity contribution in [3.8, 4) is 0 Å². The molecule has 2 aromatic rings. The lowest BCUT2D eigenvalue weighted by Gasteiger charge is -2.31. The van der Waals surface area contributed by atoms with Crippen LogP contribution in [-0.2, 0) is 20.7 Å². The fourth-order valence-corrected chi connectivity index (χ4v) is 3.12. The van der Waals surface area contributed by atoms with Gasteiger partial charge in [0.15, 0.2) is 6.10 Å². The molecule has 1 saturated heterocycles. The summed E-state index contributed by atoms with van der Waals surface area (Å²) in [6.07, 6.45) is -0.721. The topological polar surface area (TPSA) is 79.7 Å². The number of aromatic nitrogens is 1. The van der Waals surface area contributed by atoms with Gasteiger partial charge in [-0.25, -0.2) is 4.79 Å². The second kappa shape index (κ2) is 6.57.